The second kappa shape index (κ2) is 6.03. The van der Waals surface area contributed by atoms with Crippen molar-refractivity contribution in [2.45, 2.75) is 26.2 Å². The Morgan fingerprint density at radius 1 is 1.11 bits per heavy atom. The molecule has 0 aliphatic heterocycles. The molecule has 98 valence electrons. The van der Waals surface area contributed by atoms with Crippen LogP contribution in [0.4, 0.5) is 0 Å². The molecule has 2 aromatic rings. The molecule has 0 spiro atoms. The van der Waals surface area contributed by atoms with Crippen molar-refractivity contribution >= 4 is 17.4 Å². The number of benzene rings is 2. The summed E-state index contributed by atoms with van der Waals surface area (Å²) >= 11 is 6.14. The van der Waals surface area contributed by atoms with E-state index in [0.29, 0.717) is 22.9 Å². The maximum absolute atomic E-state index is 12.3. The van der Waals surface area contributed by atoms with Crippen molar-refractivity contribution in [3.8, 4) is 0 Å². The third kappa shape index (κ3) is 3.45. The minimum atomic E-state index is 0.0682. The Morgan fingerprint density at radius 3 is 2.42 bits per heavy atom. The largest absolute Gasteiger partial charge is 0.294 e. The fourth-order valence-electron chi connectivity index (χ4n) is 1.99. The number of carbonyl (C=O) groups is 1. The molecule has 0 N–H and O–H groups in total. The van der Waals surface area contributed by atoms with Gasteiger partial charge in [0, 0.05) is 12.0 Å². The summed E-state index contributed by atoms with van der Waals surface area (Å²) in [6.07, 6.45) is 0.391. The molecule has 2 heteroatoms. The van der Waals surface area contributed by atoms with Gasteiger partial charge in [-0.3, -0.25) is 4.79 Å². The van der Waals surface area contributed by atoms with Gasteiger partial charge in [-0.15, -0.1) is 0 Å². The highest BCUT2D eigenvalue weighted by atomic mass is 35.5. The van der Waals surface area contributed by atoms with E-state index < -0.39 is 0 Å². The second-order valence-electron chi connectivity index (χ2n) is 4.98. The van der Waals surface area contributed by atoms with Crippen LogP contribution in [0.1, 0.15) is 41.3 Å². The zero-order valence-electron chi connectivity index (χ0n) is 11.2. The van der Waals surface area contributed by atoms with E-state index in [1.54, 1.807) is 0 Å². The smallest absolute Gasteiger partial charge is 0.168 e. The average molecular weight is 273 g/mol. The highest BCUT2D eigenvalue weighted by Gasteiger charge is 2.13. The number of rotatable bonds is 4. The number of hydrogen-bond donors (Lipinski definition) is 0. The van der Waals surface area contributed by atoms with Gasteiger partial charge in [0.2, 0.25) is 0 Å². The van der Waals surface area contributed by atoms with Crippen LogP contribution in [0.15, 0.2) is 48.5 Å². The normalized spacial score (nSPS) is 10.7. The van der Waals surface area contributed by atoms with Crippen molar-refractivity contribution in [2.75, 3.05) is 0 Å². The molecule has 0 amide bonds. The van der Waals surface area contributed by atoms with Crippen LogP contribution in [-0.4, -0.2) is 5.78 Å². The lowest BCUT2D eigenvalue weighted by atomic mass is 9.97. The summed E-state index contributed by atoms with van der Waals surface area (Å²) < 4.78 is 0. The lowest BCUT2D eigenvalue weighted by molar-refractivity contribution is 0.0993. The number of ketones is 1. The summed E-state index contributed by atoms with van der Waals surface area (Å²) in [4.78, 5) is 12.3. The van der Waals surface area contributed by atoms with E-state index in [9.17, 15) is 4.79 Å². The van der Waals surface area contributed by atoms with Crippen LogP contribution >= 0.6 is 11.6 Å². The van der Waals surface area contributed by atoms with Gasteiger partial charge in [0.1, 0.15) is 0 Å². The van der Waals surface area contributed by atoms with Gasteiger partial charge in [-0.1, -0.05) is 61.8 Å². The molecule has 0 heterocycles. The van der Waals surface area contributed by atoms with Gasteiger partial charge in [-0.05, 0) is 29.2 Å². The van der Waals surface area contributed by atoms with Gasteiger partial charge in [-0.25, -0.2) is 0 Å². The fourth-order valence-corrected chi connectivity index (χ4v) is 2.22. The van der Waals surface area contributed by atoms with Crippen molar-refractivity contribution in [1.29, 1.82) is 0 Å². The third-order valence-electron chi connectivity index (χ3n) is 3.16. The quantitative estimate of drug-likeness (QED) is 0.724. The SMILES string of the molecule is CC(C)c1ccc(Cl)c(C(=O)Cc2ccccc2)c1. The van der Waals surface area contributed by atoms with E-state index in [-0.39, 0.29) is 5.78 Å². The van der Waals surface area contributed by atoms with Crippen LogP contribution in [0.25, 0.3) is 0 Å². The predicted octanol–water partition coefficient (Wildman–Crippen LogP) is 4.89. The molecular weight excluding hydrogens is 256 g/mol. The van der Waals surface area contributed by atoms with Gasteiger partial charge < -0.3 is 0 Å². The molecule has 2 rings (SSSR count). The summed E-state index contributed by atoms with van der Waals surface area (Å²) in [5.41, 5.74) is 2.77. The molecule has 0 aliphatic carbocycles. The summed E-state index contributed by atoms with van der Waals surface area (Å²) in [6.45, 7) is 4.21. The minimum Gasteiger partial charge on any atom is -0.294 e. The van der Waals surface area contributed by atoms with Gasteiger partial charge in [0.15, 0.2) is 5.78 Å². The van der Waals surface area contributed by atoms with Gasteiger partial charge >= 0.3 is 0 Å². The van der Waals surface area contributed by atoms with Crippen molar-refractivity contribution in [3.63, 3.8) is 0 Å². The maximum Gasteiger partial charge on any atom is 0.168 e. The molecule has 0 aliphatic rings. The van der Waals surface area contributed by atoms with Crippen LogP contribution in [0.3, 0.4) is 0 Å². The zero-order chi connectivity index (χ0) is 13.8. The Labute approximate surface area is 119 Å². The van der Waals surface area contributed by atoms with Crippen molar-refractivity contribution in [3.05, 3.63) is 70.2 Å². The van der Waals surface area contributed by atoms with E-state index in [2.05, 4.69) is 13.8 Å². The maximum atomic E-state index is 12.3. The van der Waals surface area contributed by atoms with E-state index in [4.69, 9.17) is 11.6 Å². The Bertz CT molecular complexity index is 573. The first-order chi connectivity index (χ1) is 9.08. The summed E-state index contributed by atoms with van der Waals surface area (Å²) in [6, 6.07) is 15.4. The zero-order valence-corrected chi connectivity index (χ0v) is 11.9. The number of halogens is 1. The van der Waals surface area contributed by atoms with E-state index >= 15 is 0 Å². The van der Waals surface area contributed by atoms with E-state index in [0.717, 1.165) is 11.1 Å². The monoisotopic (exact) mass is 272 g/mol. The van der Waals surface area contributed by atoms with Gasteiger partial charge in [0.25, 0.3) is 0 Å². The Morgan fingerprint density at radius 2 is 1.79 bits per heavy atom. The second-order valence-corrected chi connectivity index (χ2v) is 5.39. The molecule has 2 aromatic carbocycles. The molecule has 0 atom stereocenters. The lowest BCUT2D eigenvalue weighted by Crippen LogP contribution is -2.05. The summed E-state index contributed by atoms with van der Waals surface area (Å²) in [5.74, 6) is 0.458. The summed E-state index contributed by atoms with van der Waals surface area (Å²) in [5, 5.41) is 0.533. The number of Topliss-reactive ketones (excluding diaryl/α,β-unsaturated/α-hetero) is 1. The van der Waals surface area contributed by atoms with Gasteiger partial charge in [-0.2, -0.15) is 0 Å². The van der Waals surface area contributed by atoms with Crippen LogP contribution in [0.5, 0.6) is 0 Å². The number of carbonyl (C=O) groups excluding carboxylic acids is 1. The molecule has 0 saturated heterocycles. The van der Waals surface area contributed by atoms with Crippen molar-refractivity contribution in [2.24, 2.45) is 0 Å². The molecule has 0 aromatic heterocycles. The van der Waals surface area contributed by atoms with Crippen LogP contribution < -0.4 is 0 Å². The minimum absolute atomic E-state index is 0.0682. The predicted molar refractivity (Wildman–Crippen MR) is 80.0 cm³/mol. The van der Waals surface area contributed by atoms with Crippen molar-refractivity contribution < 1.29 is 4.79 Å². The van der Waals surface area contributed by atoms with Gasteiger partial charge in [0.05, 0.1) is 5.02 Å². The fraction of sp³-hybridized carbons (Fsp3) is 0.235. The standard InChI is InChI=1S/C17H17ClO/c1-12(2)14-8-9-16(18)15(11-14)17(19)10-13-6-4-3-5-7-13/h3-9,11-12H,10H2,1-2H3. The molecule has 0 saturated carbocycles. The average Bonchev–Trinajstić information content (AvgIpc) is 2.40. The first-order valence-electron chi connectivity index (χ1n) is 6.44. The highest BCUT2D eigenvalue weighted by Crippen LogP contribution is 2.23. The molecule has 0 radical (unpaired) electrons. The van der Waals surface area contributed by atoms with Crippen molar-refractivity contribution in [1.82, 2.24) is 0 Å². The Hall–Kier alpha value is -1.60. The topological polar surface area (TPSA) is 17.1 Å². The first kappa shape index (κ1) is 13.8. The van der Waals surface area contributed by atoms with Crippen LogP contribution in [0, 0.1) is 0 Å². The molecule has 0 bridgehead atoms. The summed E-state index contributed by atoms with van der Waals surface area (Å²) in [7, 11) is 0. The lowest BCUT2D eigenvalue weighted by Gasteiger charge is -2.09. The van der Waals surface area contributed by atoms with Crippen LogP contribution in [0.2, 0.25) is 5.02 Å². The molecule has 0 fully saturated rings. The number of hydrogen-bond acceptors (Lipinski definition) is 1. The molecule has 19 heavy (non-hydrogen) atoms. The van der Waals surface area contributed by atoms with Crippen LogP contribution in [-0.2, 0) is 6.42 Å². The highest BCUT2D eigenvalue weighted by molar-refractivity contribution is 6.34. The molecule has 0 unspecified atom stereocenters. The third-order valence-corrected chi connectivity index (χ3v) is 3.49. The van der Waals surface area contributed by atoms with E-state index in [1.165, 1.54) is 0 Å². The Kier molecular flexibility index (Phi) is 4.39. The Balaban J connectivity index is 2.26. The molecular formula is C17H17ClO. The molecule has 1 nitrogen and oxygen atoms in total. The van der Waals surface area contributed by atoms with E-state index in [1.807, 2.05) is 48.5 Å². The first-order valence-corrected chi connectivity index (χ1v) is 6.82.